The molecule has 2 heterocycles. The van der Waals surface area contributed by atoms with E-state index in [1.807, 2.05) is 30.3 Å². The van der Waals surface area contributed by atoms with Crippen LogP contribution in [0.15, 0.2) is 53.6 Å². The highest BCUT2D eigenvalue weighted by atomic mass is 16.2. The zero-order valence-electron chi connectivity index (χ0n) is 14.1. The number of amides is 1. The maximum Gasteiger partial charge on any atom is 0.263 e. The number of hydrogen-bond donors (Lipinski definition) is 1. The van der Waals surface area contributed by atoms with E-state index >= 15 is 0 Å². The summed E-state index contributed by atoms with van der Waals surface area (Å²) in [7, 11) is 1.70. The number of hydrogen-bond acceptors (Lipinski definition) is 4. The van der Waals surface area contributed by atoms with Crippen LogP contribution in [0, 0.1) is 6.92 Å². The largest absolute Gasteiger partial charge is 0.315 e. The van der Waals surface area contributed by atoms with Crippen molar-refractivity contribution >= 4 is 11.7 Å². The van der Waals surface area contributed by atoms with E-state index in [1.54, 1.807) is 37.0 Å². The number of rotatable bonds is 5. The van der Waals surface area contributed by atoms with Gasteiger partial charge in [0.25, 0.3) is 11.5 Å². The molecule has 0 aliphatic heterocycles. The van der Waals surface area contributed by atoms with Crippen LogP contribution in [0.25, 0.3) is 0 Å². The molecule has 128 valence electrons. The topological polar surface area (TPSA) is 81.8 Å². The first-order chi connectivity index (χ1) is 12.0. The van der Waals surface area contributed by atoms with Crippen LogP contribution >= 0.6 is 0 Å². The van der Waals surface area contributed by atoms with Crippen molar-refractivity contribution in [1.82, 2.24) is 19.6 Å². The molecule has 0 saturated heterocycles. The van der Waals surface area contributed by atoms with E-state index in [4.69, 9.17) is 0 Å². The molecule has 0 fully saturated rings. The lowest BCUT2D eigenvalue weighted by molar-refractivity contribution is 0.102. The van der Waals surface area contributed by atoms with Gasteiger partial charge in [0.05, 0.1) is 6.20 Å². The van der Waals surface area contributed by atoms with Gasteiger partial charge in [-0.05, 0) is 30.5 Å². The van der Waals surface area contributed by atoms with E-state index in [9.17, 15) is 9.59 Å². The third-order valence-corrected chi connectivity index (χ3v) is 3.93. The summed E-state index contributed by atoms with van der Waals surface area (Å²) in [5, 5.41) is 10.2. The Morgan fingerprint density at radius 1 is 1.20 bits per heavy atom. The number of nitrogens with zero attached hydrogens (tertiary/aromatic N) is 4. The monoisotopic (exact) mass is 337 g/mol. The summed E-state index contributed by atoms with van der Waals surface area (Å²) in [4.78, 5) is 25.2. The fraction of sp³-hybridized carbons (Fsp3) is 0.222. The van der Waals surface area contributed by atoms with E-state index in [0.29, 0.717) is 17.9 Å². The lowest BCUT2D eigenvalue weighted by Crippen LogP contribution is -2.30. The lowest BCUT2D eigenvalue weighted by atomic mass is 10.1. The minimum atomic E-state index is -0.475. The average Bonchev–Trinajstić information content (AvgIpc) is 3.00. The van der Waals surface area contributed by atoms with E-state index in [1.165, 1.54) is 4.68 Å². The summed E-state index contributed by atoms with van der Waals surface area (Å²) in [6.07, 6.45) is 4.01. The molecule has 2 aromatic heterocycles. The molecule has 3 aromatic rings. The number of carbonyl (C=O) groups excluding carboxylic acids is 1. The number of aryl methyl sites for hydroxylation is 4. The Bertz CT molecular complexity index is 944. The zero-order chi connectivity index (χ0) is 17.8. The number of pyridine rings is 1. The SMILES string of the molecule is Cc1ccn(CCc2ccccc2)c(=O)c1C(=O)Nc1cn(C)nn1. The van der Waals surface area contributed by atoms with Crippen LogP contribution in [-0.4, -0.2) is 25.5 Å². The fourth-order valence-electron chi connectivity index (χ4n) is 2.60. The average molecular weight is 337 g/mol. The van der Waals surface area contributed by atoms with E-state index in [-0.39, 0.29) is 11.1 Å². The highest BCUT2D eigenvalue weighted by molar-refractivity contribution is 6.04. The van der Waals surface area contributed by atoms with Gasteiger partial charge < -0.3 is 9.88 Å². The van der Waals surface area contributed by atoms with Crippen LogP contribution in [0.4, 0.5) is 5.82 Å². The van der Waals surface area contributed by atoms with Crippen molar-refractivity contribution in [1.29, 1.82) is 0 Å². The maximum absolute atomic E-state index is 12.7. The zero-order valence-corrected chi connectivity index (χ0v) is 14.1. The van der Waals surface area contributed by atoms with Gasteiger partial charge in [-0.25, -0.2) is 0 Å². The second-order valence-corrected chi connectivity index (χ2v) is 5.84. The predicted octanol–water partition coefficient (Wildman–Crippen LogP) is 1.78. The van der Waals surface area contributed by atoms with Crippen LogP contribution in [0.5, 0.6) is 0 Å². The second-order valence-electron chi connectivity index (χ2n) is 5.84. The number of benzene rings is 1. The molecule has 0 saturated carbocycles. The molecule has 3 rings (SSSR count). The molecule has 25 heavy (non-hydrogen) atoms. The van der Waals surface area contributed by atoms with Crippen molar-refractivity contribution in [3.05, 3.63) is 75.8 Å². The molecule has 1 aromatic carbocycles. The van der Waals surface area contributed by atoms with Crippen LogP contribution in [0.2, 0.25) is 0 Å². The van der Waals surface area contributed by atoms with Crippen molar-refractivity contribution in [3.63, 3.8) is 0 Å². The lowest BCUT2D eigenvalue weighted by Gasteiger charge is -2.10. The molecular formula is C18H19N5O2. The smallest absolute Gasteiger partial charge is 0.263 e. The van der Waals surface area contributed by atoms with Crippen LogP contribution in [0.1, 0.15) is 21.5 Å². The van der Waals surface area contributed by atoms with Gasteiger partial charge in [-0.15, -0.1) is 5.10 Å². The van der Waals surface area contributed by atoms with Crippen molar-refractivity contribution in [2.45, 2.75) is 19.9 Å². The van der Waals surface area contributed by atoms with Gasteiger partial charge in [-0.1, -0.05) is 35.5 Å². The van der Waals surface area contributed by atoms with Gasteiger partial charge in [0.15, 0.2) is 5.82 Å². The highest BCUT2D eigenvalue weighted by Gasteiger charge is 2.17. The van der Waals surface area contributed by atoms with Crippen molar-refractivity contribution < 1.29 is 4.79 Å². The molecule has 0 aliphatic carbocycles. The van der Waals surface area contributed by atoms with Crippen molar-refractivity contribution in [3.8, 4) is 0 Å². The first kappa shape index (κ1) is 16.6. The molecular weight excluding hydrogens is 318 g/mol. The molecule has 0 bridgehead atoms. The summed E-state index contributed by atoms with van der Waals surface area (Å²) in [5.41, 5.74) is 1.58. The van der Waals surface area contributed by atoms with Gasteiger partial charge in [-0.3, -0.25) is 14.3 Å². The Morgan fingerprint density at radius 2 is 1.96 bits per heavy atom. The van der Waals surface area contributed by atoms with E-state index in [0.717, 1.165) is 12.0 Å². The summed E-state index contributed by atoms with van der Waals surface area (Å²) < 4.78 is 3.04. The third kappa shape index (κ3) is 3.82. The fourth-order valence-corrected chi connectivity index (χ4v) is 2.60. The molecule has 0 radical (unpaired) electrons. The van der Waals surface area contributed by atoms with Crippen LogP contribution in [-0.2, 0) is 20.0 Å². The normalized spacial score (nSPS) is 10.6. The minimum Gasteiger partial charge on any atom is -0.315 e. The molecule has 1 N–H and O–H groups in total. The first-order valence-electron chi connectivity index (χ1n) is 7.96. The van der Waals surface area contributed by atoms with Gasteiger partial charge >= 0.3 is 0 Å². The van der Waals surface area contributed by atoms with E-state index < -0.39 is 5.91 Å². The van der Waals surface area contributed by atoms with Crippen LogP contribution in [0.3, 0.4) is 0 Å². The Balaban J connectivity index is 1.82. The third-order valence-electron chi connectivity index (χ3n) is 3.93. The van der Waals surface area contributed by atoms with Gasteiger partial charge in [0, 0.05) is 19.8 Å². The molecule has 7 heteroatoms. The number of aromatic nitrogens is 4. The molecule has 7 nitrogen and oxygen atoms in total. The summed E-state index contributed by atoms with van der Waals surface area (Å²) in [6.45, 7) is 2.25. The van der Waals surface area contributed by atoms with Gasteiger partial charge in [0.2, 0.25) is 0 Å². The Labute approximate surface area is 144 Å². The van der Waals surface area contributed by atoms with Crippen LogP contribution < -0.4 is 10.9 Å². The summed E-state index contributed by atoms with van der Waals surface area (Å²) in [6, 6.07) is 11.7. The standard InChI is InChI=1S/C18H19N5O2/c1-13-8-10-23(11-9-14-6-4-3-5-7-14)18(25)16(13)17(24)19-15-12-22(2)21-20-15/h3-8,10,12H,9,11H2,1-2H3,(H,19,24). The molecule has 0 atom stereocenters. The molecule has 1 amide bonds. The molecule has 0 aliphatic rings. The molecule has 0 spiro atoms. The second kappa shape index (κ2) is 7.12. The first-order valence-corrected chi connectivity index (χ1v) is 7.96. The van der Waals surface area contributed by atoms with Crippen molar-refractivity contribution in [2.75, 3.05) is 5.32 Å². The van der Waals surface area contributed by atoms with Gasteiger partial charge in [0.1, 0.15) is 5.56 Å². The molecule has 0 unspecified atom stereocenters. The van der Waals surface area contributed by atoms with Gasteiger partial charge in [-0.2, -0.15) is 0 Å². The van der Waals surface area contributed by atoms with E-state index in [2.05, 4.69) is 15.6 Å². The maximum atomic E-state index is 12.7. The Morgan fingerprint density at radius 3 is 2.64 bits per heavy atom. The quantitative estimate of drug-likeness (QED) is 0.769. The number of nitrogens with one attached hydrogen (secondary N) is 1. The van der Waals surface area contributed by atoms with Crippen molar-refractivity contribution in [2.24, 2.45) is 7.05 Å². The number of anilines is 1. The highest BCUT2D eigenvalue weighted by Crippen LogP contribution is 2.07. The summed E-state index contributed by atoms with van der Waals surface area (Å²) in [5.74, 6) is -0.164. The Hall–Kier alpha value is -3.22. The summed E-state index contributed by atoms with van der Waals surface area (Å²) >= 11 is 0. The Kier molecular flexibility index (Phi) is 4.74. The minimum absolute atomic E-state index is 0.126. The predicted molar refractivity (Wildman–Crippen MR) is 94.5 cm³/mol. The number of carbonyl (C=O) groups is 1.